The Hall–Kier alpha value is -1.41. The van der Waals surface area contributed by atoms with Crippen molar-refractivity contribution < 1.29 is 56.1 Å². The standard InChI is InChI=1S/C27H49N3O12P2/c1-5-9-26(32)28-12-8-11-20(28)18-39-43(34,35)42-24-14-22(29(15-24)25(31)7-3)19-40-44(36,37)41-23-13-21(17-38-4)30(16-23)27(33)10-6-2/h20-24H,5-19H2,1-4H3,(H,34,35)(H,36,37)/t20-,21-,22-,23+,24+/m0/s1. The third-order valence-corrected chi connectivity index (χ3v) is 10.2. The lowest BCUT2D eigenvalue weighted by Crippen LogP contribution is -2.38. The van der Waals surface area contributed by atoms with E-state index in [9.17, 15) is 33.3 Å². The van der Waals surface area contributed by atoms with Crippen LogP contribution < -0.4 is 0 Å². The number of nitrogens with zero attached hydrogens (tertiary/aromatic N) is 3. The van der Waals surface area contributed by atoms with Crippen molar-refractivity contribution in [2.45, 2.75) is 109 Å². The Kier molecular flexibility index (Phi) is 14.3. The molecule has 0 saturated carbocycles. The van der Waals surface area contributed by atoms with Gasteiger partial charge in [0.2, 0.25) is 17.7 Å². The van der Waals surface area contributed by atoms with Crippen molar-refractivity contribution in [3.63, 3.8) is 0 Å². The van der Waals surface area contributed by atoms with Gasteiger partial charge in [0, 0.05) is 46.0 Å². The molecular formula is C27H49N3O12P2. The normalized spacial score (nSPS) is 28.3. The Bertz CT molecular complexity index is 1080. The highest BCUT2D eigenvalue weighted by atomic mass is 31.2. The first-order chi connectivity index (χ1) is 20.8. The first-order valence-corrected chi connectivity index (χ1v) is 18.5. The molecule has 7 atom stereocenters. The van der Waals surface area contributed by atoms with Crippen molar-refractivity contribution in [3.8, 4) is 0 Å². The molecule has 0 aromatic rings. The van der Waals surface area contributed by atoms with Crippen LogP contribution in [0, 0.1) is 0 Å². The van der Waals surface area contributed by atoms with Crippen LogP contribution >= 0.6 is 15.6 Å². The lowest BCUT2D eigenvalue weighted by atomic mass is 10.2. The molecule has 3 aliphatic heterocycles. The van der Waals surface area contributed by atoms with Crippen molar-refractivity contribution in [2.24, 2.45) is 0 Å². The maximum atomic E-state index is 12.9. The Morgan fingerprint density at radius 1 is 0.727 bits per heavy atom. The number of carbonyl (C=O) groups is 3. The Morgan fingerprint density at radius 3 is 1.70 bits per heavy atom. The molecule has 0 aromatic heterocycles. The van der Waals surface area contributed by atoms with Gasteiger partial charge in [0.15, 0.2) is 0 Å². The third kappa shape index (κ3) is 10.6. The molecule has 0 spiro atoms. The molecule has 3 saturated heterocycles. The number of ether oxygens (including phenoxy) is 1. The summed E-state index contributed by atoms with van der Waals surface area (Å²) < 4.78 is 52.3. The summed E-state index contributed by atoms with van der Waals surface area (Å²) in [5.74, 6) is -0.392. The SMILES string of the molecule is CCCC(=O)N1CCC[C@H]1COP(=O)(O)O[C@@H]1C[C@@H](COP(=O)(O)O[C@@H]2C[C@@H](COC)N(C(=O)CCC)C2)N(C(=O)CC)C1. The number of phosphoric acid groups is 2. The zero-order valence-corrected chi connectivity index (χ0v) is 28.0. The van der Waals surface area contributed by atoms with E-state index in [4.69, 9.17) is 22.8 Å². The largest absolute Gasteiger partial charge is 0.472 e. The average molecular weight is 670 g/mol. The topological polar surface area (TPSA) is 182 Å². The predicted molar refractivity (Wildman–Crippen MR) is 158 cm³/mol. The zero-order chi connectivity index (χ0) is 32.5. The molecule has 0 aromatic carbocycles. The van der Waals surface area contributed by atoms with E-state index in [0.717, 1.165) is 6.42 Å². The molecule has 17 heteroatoms. The summed E-state index contributed by atoms with van der Waals surface area (Å²) in [4.78, 5) is 63.1. The highest BCUT2D eigenvalue weighted by molar-refractivity contribution is 7.47. The maximum Gasteiger partial charge on any atom is 0.472 e. The van der Waals surface area contributed by atoms with E-state index in [1.54, 1.807) is 16.7 Å². The zero-order valence-electron chi connectivity index (χ0n) is 26.2. The van der Waals surface area contributed by atoms with Gasteiger partial charge in [-0.05, 0) is 38.5 Å². The van der Waals surface area contributed by atoms with Gasteiger partial charge in [-0.15, -0.1) is 0 Å². The highest BCUT2D eigenvalue weighted by Gasteiger charge is 2.43. The molecule has 44 heavy (non-hydrogen) atoms. The summed E-state index contributed by atoms with van der Waals surface area (Å²) in [5.41, 5.74) is 0. The number of amides is 3. The number of hydrogen-bond acceptors (Lipinski definition) is 10. The summed E-state index contributed by atoms with van der Waals surface area (Å²) in [6.45, 7) is 5.85. The molecule has 2 unspecified atom stereocenters. The van der Waals surface area contributed by atoms with Crippen LogP contribution in [0.15, 0.2) is 0 Å². The van der Waals surface area contributed by atoms with Crippen molar-refractivity contribution >= 4 is 33.4 Å². The van der Waals surface area contributed by atoms with Gasteiger partial charge in [-0.25, -0.2) is 9.13 Å². The van der Waals surface area contributed by atoms with E-state index in [1.807, 2.05) is 13.8 Å². The summed E-state index contributed by atoms with van der Waals surface area (Å²) in [6, 6.07) is -1.33. The monoisotopic (exact) mass is 669 g/mol. The molecule has 0 aliphatic carbocycles. The molecule has 3 rings (SSSR count). The summed E-state index contributed by atoms with van der Waals surface area (Å²) in [6.07, 6.45) is 2.40. The van der Waals surface area contributed by atoms with Crippen LogP contribution in [0.1, 0.15) is 78.6 Å². The lowest BCUT2D eigenvalue weighted by molar-refractivity contribution is -0.133. The molecule has 15 nitrogen and oxygen atoms in total. The summed E-state index contributed by atoms with van der Waals surface area (Å²) in [7, 11) is -7.63. The smallest absolute Gasteiger partial charge is 0.383 e. The van der Waals surface area contributed by atoms with Crippen LogP contribution in [0.25, 0.3) is 0 Å². The van der Waals surface area contributed by atoms with Gasteiger partial charge in [0.1, 0.15) is 0 Å². The summed E-state index contributed by atoms with van der Waals surface area (Å²) in [5, 5.41) is 0. The van der Waals surface area contributed by atoms with Gasteiger partial charge < -0.3 is 29.2 Å². The highest BCUT2D eigenvalue weighted by Crippen LogP contribution is 2.49. The van der Waals surface area contributed by atoms with Crippen LogP contribution in [-0.2, 0) is 46.3 Å². The lowest BCUT2D eigenvalue weighted by Gasteiger charge is -2.26. The van der Waals surface area contributed by atoms with E-state index >= 15 is 0 Å². The second-order valence-corrected chi connectivity index (χ2v) is 14.4. The maximum absolute atomic E-state index is 12.9. The Morgan fingerprint density at radius 2 is 1.20 bits per heavy atom. The molecule has 3 fully saturated rings. The summed E-state index contributed by atoms with van der Waals surface area (Å²) >= 11 is 0. The quantitative estimate of drug-likeness (QED) is 0.217. The van der Waals surface area contributed by atoms with Crippen LogP contribution in [0.3, 0.4) is 0 Å². The van der Waals surface area contributed by atoms with Gasteiger partial charge in [-0.3, -0.25) is 32.5 Å². The Labute approximate surface area is 259 Å². The van der Waals surface area contributed by atoms with Crippen LogP contribution in [0.5, 0.6) is 0 Å². The number of hydrogen-bond donors (Lipinski definition) is 2. The van der Waals surface area contributed by atoms with Crippen LogP contribution in [0.2, 0.25) is 0 Å². The number of methoxy groups -OCH3 is 1. The molecule has 3 heterocycles. The van der Waals surface area contributed by atoms with Crippen molar-refractivity contribution in [3.05, 3.63) is 0 Å². The first-order valence-electron chi connectivity index (χ1n) is 15.5. The molecule has 3 amide bonds. The fourth-order valence-electron chi connectivity index (χ4n) is 6.07. The third-order valence-electron chi connectivity index (χ3n) is 8.10. The number of carbonyl (C=O) groups excluding carboxylic acids is 3. The minimum Gasteiger partial charge on any atom is -0.383 e. The van der Waals surface area contributed by atoms with Crippen molar-refractivity contribution in [1.82, 2.24) is 14.7 Å². The number of phosphoric ester groups is 2. The van der Waals surface area contributed by atoms with E-state index in [0.29, 0.717) is 45.1 Å². The predicted octanol–water partition coefficient (Wildman–Crippen LogP) is 2.84. The van der Waals surface area contributed by atoms with Gasteiger partial charge in [-0.2, -0.15) is 0 Å². The van der Waals surface area contributed by atoms with Gasteiger partial charge in [-0.1, -0.05) is 20.8 Å². The van der Waals surface area contributed by atoms with Crippen molar-refractivity contribution in [2.75, 3.05) is 46.6 Å². The first kappa shape index (κ1) is 37.1. The van der Waals surface area contributed by atoms with Gasteiger partial charge in [0.25, 0.3) is 0 Å². The molecule has 0 bridgehead atoms. The second-order valence-electron chi connectivity index (χ2n) is 11.5. The fraction of sp³-hybridized carbons (Fsp3) is 0.889. The van der Waals surface area contributed by atoms with Crippen LogP contribution in [-0.4, -0.2) is 119 Å². The van der Waals surface area contributed by atoms with Crippen LogP contribution in [0.4, 0.5) is 0 Å². The number of likely N-dealkylation sites (tertiary alicyclic amines) is 3. The fourth-order valence-corrected chi connectivity index (χ4v) is 7.97. The minimum absolute atomic E-state index is 0.0187. The molecule has 0 radical (unpaired) electrons. The average Bonchev–Trinajstić information content (AvgIpc) is 3.69. The van der Waals surface area contributed by atoms with E-state index < -0.39 is 33.9 Å². The van der Waals surface area contributed by atoms with E-state index in [1.165, 1.54) is 12.0 Å². The number of rotatable bonds is 17. The van der Waals surface area contributed by atoms with Gasteiger partial charge in [0.05, 0.1) is 50.2 Å². The Balaban J connectivity index is 1.55. The molecule has 2 N–H and O–H groups in total. The minimum atomic E-state index is -4.60. The molecule has 3 aliphatic rings. The molecular weight excluding hydrogens is 620 g/mol. The molecule has 254 valence electrons. The second kappa shape index (κ2) is 16.9. The van der Waals surface area contributed by atoms with E-state index in [2.05, 4.69) is 0 Å². The van der Waals surface area contributed by atoms with Gasteiger partial charge >= 0.3 is 15.6 Å². The van der Waals surface area contributed by atoms with Crippen molar-refractivity contribution in [1.29, 1.82) is 0 Å². The van der Waals surface area contributed by atoms with E-state index in [-0.39, 0.29) is 75.6 Å².